The first-order chi connectivity index (χ1) is 8.97. The van der Waals surface area contributed by atoms with Gasteiger partial charge >= 0.3 is 0 Å². The van der Waals surface area contributed by atoms with E-state index in [1.807, 2.05) is 0 Å². The molecule has 0 spiro atoms. The highest BCUT2D eigenvalue weighted by atomic mass is 16.6. The zero-order valence-electron chi connectivity index (χ0n) is 11.2. The van der Waals surface area contributed by atoms with Crippen molar-refractivity contribution in [3.63, 3.8) is 0 Å². The largest absolute Gasteiger partial charge is 0.383 e. The van der Waals surface area contributed by atoms with Crippen LogP contribution in [0.2, 0.25) is 0 Å². The molecule has 0 radical (unpaired) electrons. The Bertz CT molecular complexity index is 469. The summed E-state index contributed by atoms with van der Waals surface area (Å²) in [5.41, 5.74) is 5.63. The second-order valence-corrected chi connectivity index (χ2v) is 5.05. The van der Waals surface area contributed by atoms with E-state index in [4.69, 9.17) is 5.73 Å². The van der Waals surface area contributed by atoms with E-state index in [0.29, 0.717) is 11.9 Å². The maximum absolute atomic E-state index is 10.8. The van der Waals surface area contributed by atoms with E-state index in [2.05, 4.69) is 28.9 Å². The number of rotatable bonds is 3. The SMILES string of the molecule is CN(C)C1CCN(c2cc([N+](=O)[O-])cc(N)n2)CC1. The van der Waals surface area contributed by atoms with E-state index in [0.717, 1.165) is 25.9 Å². The molecule has 2 N–H and O–H groups in total. The van der Waals surface area contributed by atoms with Gasteiger partial charge in [0.15, 0.2) is 0 Å². The topological polar surface area (TPSA) is 88.5 Å². The van der Waals surface area contributed by atoms with Crippen molar-refractivity contribution in [1.82, 2.24) is 9.88 Å². The van der Waals surface area contributed by atoms with Gasteiger partial charge in [0.05, 0.1) is 17.1 Å². The third-order valence-electron chi connectivity index (χ3n) is 3.55. The van der Waals surface area contributed by atoms with Gasteiger partial charge in [0.2, 0.25) is 0 Å². The van der Waals surface area contributed by atoms with Crippen LogP contribution in [0.25, 0.3) is 0 Å². The summed E-state index contributed by atoms with van der Waals surface area (Å²) in [6, 6.07) is 3.34. The number of anilines is 2. The van der Waals surface area contributed by atoms with Crippen molar-refractivity contribution < 1.29 is 4.92 Å². The Morgan fingerprint density at radius 3 is 2.58 bits per heavy atom. The van der Waals surface area contributed by atoms with Crippen LogP contribution in [0, 0.1) is 10.1 Å². The van der Waals surface area contributed by atoms with E-state index < -0.39 is 4.92 Å². The minimum atomic E-state index is -0.436. The van der Waals surface area contributed by atoms with Gasteiger partial charge in [-0.2, -0.15) is 0 Å². The third-order valence-corrected chi connectivity index (χ3v) is 3.55. The molecule has 0 saturated carbocycles. The second-order valence-electron chi connectivity index (χ2n) is 5.05. The van der Waals surface area contributed by atoms with Crippen LogP contribution in [-0.4, -0.2) is 48.0 Å². The highest BCUT2D eigenvalue weighted by Crippen LogP contribution is 2.25. The highest BCUT2D eigenvalue weighted by molar-refractivity contribution is 5.54. The summed E-state index contributed by atoms with van der Waals surface area (Å²) in [4.78, 5) is 18.9. The fourth-order valence-corrected chi connectivity index (χ4v) is 2.40. The molecule has 0 amide bonds. The van der Waals surface area contributed by atoms with Crippen molar-refractivity contribution >= 4 is 17.3 Å². The summed E-state index contributed by atoms with van der Waals surface area (Å²) in [5.74, 6) is 0.794. The maximum Gasteiger partial charge on any atom is 0.276 e. The number of hydrogen-bond donors (Lipinski definition) is 1. The molecule has 19 heavy (non-hydrogen) atoms. The summed E-state index contributed by atoms with van der Waals surface area (Å²) in [6.07, 6.45) is 2.05. The van der Waals surface area contributed by atoms with Gasteiger partial charge in [-0.25, -0.2) is 4.98 Å². The number of piperidine rings is 1. The molecule has 0 atom stereocenters. The van der Waals surface area contributed by atoms with Crippen LogP contribution >= 0.6 is 0 Å². The molecule has 7 heteroatoms. The number of nitrogens with zero attached hydrogens (tertiary/aromatic N) is 4. The molecule has 1 aliphatic heterocycles. The minimum Gasteiger partial charge on any atom is -0.383 e. The first-order valence-electron chi connectivity index (χ1n) is 6.30. The number of aromatic nitrogens is 1. The molecule has 2 rings (SSSR count). The number of nitrogens with two attached hydrogens (primary N) is 1. The lowest BCUT2D eigenvalue weighted by molar-refractivity contribution is -0.384. The summed E-state index contributed by atoms with van der Waals surface area (Å²) in [6.45, 7) is 1.69. The zero-order valence-corrected chi connectivity index (χ0v) is 11.2. The van der Waals surface area contributed by atoms with Crippen LogP contribution in [0.4, 0.5) is 17.3 Å². The third kappa shape index (κ3) is 3.11. The molecule has 1 aromatic rings. The molecule has 104 valence electrons. The molecule has 1 fully saturated rings. The van der Waals surface area contributed by atoms with Gasteiger partial charge in [-0.1, -0.05) is 0 Å². The predicted molar refractivity (Wildman–Crippen MR) is 74.2 cm³/mol. The fourth-order valence-electron chi connectivity index (χ4n) is 2.40. The molecule has 0 unspecified atom stereocenters. The smallest absolute Gasteiger partial charge is 0.276 e. The van der Waals surface area contributed by atoms with Crippen LogP contribution in [0.1, 0.15) is 12.8 Å². The number of pyridine rings is 1. The first kappa shape index (κ1) is 13.5. The van der Waals surface area contributed by atoms with Crippen molar-refractivity contribution in [2.45, 2.75) is 18.9 Å². The van der Waals surface area contributed by atoms with Crippen LogP contribution in [0.3, 0.4) is 0 Å². The van der Waals surface area contributed by atoms with Crippen LogP contribution in [0.5, 0.6) is 0 Å². The zero-order chi connectivity index (χ0) is 14.0. The lowest BCUT2D eigenvalue weighted by Gasteiger charge is -2.35. The van der Waals surface area contributed by atoms with Gasteiger partial charge in [0.25, 0.3) is 5.69 Å². The van der Waals surface area contributed by atoms with Gasteiger partial charge in [0.1, 0.15) is 11.6 Å². The van der Waals surface area contributed by atoms with Crippen LogP contribution in [0.15, 0.2) is 12.1 Å². The standard InChI is InChI=1S/C12H19N5O2/c1-15(2)9-3-5-16(6-4-9)12-8-10(17(18)19)7-11(13)14-12/h7-9H,3-6H2,1-2H3,(H2,13,14). The lowest BCUT2D eigenvalue weighted by atomic mass is 10.0. The maximum atomic E-state index is 10.8. The van der Waals surface area contributed by atoms with Gasteiger partial charge in [-0.15, -0.1) is 0 Å². The number of nitro groups is 1. The van der Waals surface area contributed by atoms with Gasteiger partial charge in [-0.3, -0.25) is 10.1 Å². The van der Waals surface area contributed by atoms with Gasteiger partial charge < -0.3 is 15.5 Å². The molecule has 0 bridgehead atoms. The van der Waals surface area contributed by atoms with E-state index >= 15 is 0 Å². The molecular weight excluding hydrogens is 246 g/mol. The van der Waals surface area contributed by atoms with Crippen molar-refractivity contribution in [2.24, 2.45) is 0 Å². The molecule has 7 nitrogen and oxygen atoms in total. The van der Waals surface area contributed by atoms with E-state index in [9.17, 15) is 10.1 Å². The summed E-state index contributed by atoms with van der Waals surface area (Å²) < 4.78 is 0. The summed E-state index contributed by atoms with van der Waals surface area (Å²) in [7, 11) is 4.15. The van der Waals surface area contributed by atoms with Crippen molar-refractivity contribution in [3.05, 3.63) is 22.2 Å². The molecule has 2 heterocycles. The van der Waals surface area contributed by atoms with E-state index in [-0.39, 0.29) is 11.5 Å². The first-order valence-corrected chi connectivity index (χ1v) is 6.30. The van der Waals surface area contributed by atoms with Crippen molar-refractivity contribution in [2.75, 3.05) is 37.8 Å². The van der Waals surface area contributed by atoms with Crippen LogP contribution in [-0.2, 0) is 0 Å². The molecule has 0 aliphatic carbocycles. The Morgan fingerprint density at radius 1 is 1.42 bits per heavy atom. The number of nitrogen functional groups attached to an aromatic ring is 1. The second kappa shape index (κ2) is 5.40. The Balaban J connectivity index is 2.13. The Morgan fingerprint density at radius 2 is 2.05 bits per heavy atom. The average molecular weight is 265 g/mol. The highest BCUT2D eigenvalue weighted by Gasteiger charge is 2.23. The summed E-state index contributed by atoms with van der Waals surface area (Å²) >= 11 is 0. The lowest BCUT2D eigenvalue weighted by Crippen LogP contribution is -2.42. The van der Waals surface area contributed by atoms with E-state index in [1.54, 1.807) is 0 Å². The molecule has 1 aliphatic rings. The fraction of sp³-hybridized carbons (Fsp3) is 0.583. The Hall–Kier alpha value is -1.89. The normalized spacial score (nSPS) is 16.9. The van der Waals surface area contributed by atoms with E-state index in [1.165, 1.54) is 12.1 Å². The van der Waals surface area contributed by atoms with Gasteiger partial charge in [-0.05, 0) is 26.9 Å². The quantitative estimate of drug-likeness (QED) is 0.650. The minimum absolute atomic E-state index is 0.00256. The monoisotopic (exact) mass is 265 g/mol. The molecule has 1 saturated heterocycles. The Kier molecular flexibility index (Phi) is 3.84. The average Bonchev–Trinajstić information content (AvgIpc) is 2.38. The van der Waals surface area contributed by atoms with Crippen molar-refractivity contribution in [1.29, 1.82) is 0 Å². The Labute approximate surface area is 112 Å². The predicted octanol–water partition coefficient (Wildman–Crippen LogP) is 1.10. The number of hydrogen-bond acceptors (Lipinski definition) is 6. The molecule has 1 aromatic heterocycles. The molecule has 0 aromatic carbocycles. The van der Waals surface area contributed by atoms with Crippen LogP contribution < -0.4 is 10.6 Å². The van der Waals surface area contributed by atoms with Gasteiger partial charge in [0, 0.05) is 19.1 Å². The summed E-state index contributed by atoms with van der Waals surface area (Å²) in [5, 5.41) is 10.8. The van der Waals surface area contributed by atoms with Crippen molar-refractivity contribution in [3.8, 4) is 0 Å². The molecular formula is C12H19N5O2.